The zero-order valence-electron chi connectivity index (χ0n) is 12.7. The van der Waals surface area contributed by atoms with Crippen LogP contribution >= 0.6 is 0 Å². The van der Waals surface area contributed by atoms with Crippen LogP contribution in [-0.4, -0.2) is 45.3 Å². The highest BCUT2D eigenvalue weighted by atomic mass is 16.5. The first-order chi connectivity index (χ1) is 11.7. The second-order valence-electron chi connectivity index (χ2n) is 4.83. The molecule has 0 saturated heterocycles. The summed E-state index contributed by atoms with van der Waals surface area (Å²) in [7, 11) is 1.06. The maximum absolute atomic E-state index is 11.9. The number of phenolic OH excluding ortho intramolecular Hbond substituents is 1. The molecule has 0 saturated carbocycles. The Kier molecular flexibility index (Phi) is 4.46. The average molecular weight is 348 g/mol. The Morgan fingerprint density at radius 3 is 2.24 bits per heavy atom. The van der Waals surface area contributed by atoms with Crippen LogP contribution in [0.2, 0.25) is 0 Å². The summed E-state index contributed by atoms with van der Waals surface area (Å²) in [5.41, 5.74) is 1.92. The summed E-state index contributed by atoms with van der Waals surface area (Å²) >= 11 is 0. The summed E-state index contributed by atoms with van der Waals surface area (Å²) in [5.74, 6) is -5.23. The Morgan fingerprint density at radius 1 is 1.12 bits per heavy atom. The number of ether oxygens (including phenoxy) is 1. The van der Waals surface area contributed by atoms with Gasteiger partial charge in [-0.2, -0.15) is 0 Å². The lowest BCUT2D eigenvalue weighted by atomic mass is 9.94. The third-order valence-electron chi connectivity index (χ3n) is 3.36. The number of H-pyrrole nitrogens is 1. The number of carboxylic acids is 2. The van der Waals surface area contributed by atoms with Crippen molar-refractivity contribution in [3.63, 3.8) is 0 Å². The zero-order valence-corrected chi connectivity index (χ0v) is 12.7. The van der Waals surface area contributed by atoms with Crippen LogP contribution in [0.1, 0.15) is 31.1 Å². The van der Waals surface area contributed by atoms with Crippen LogP contribution in [0.5, 0.6) is 5.75 Å². The molecule has 10 heteroatoms. The third kappa shape index (κ3) is 3.00. The fourth-order valence-corrected chi connectivity index (χ4v) is 2.30. The standard InChI is InChI=1S/C15H12N2O8/c1-25-15(24)6-4-5(2-3-7(6)18)8-9(13(20)21)11(16)17-12(19)10(8)14(22)23/h2-4,18H,1H3,(H,20,21)(H,22,23)(H3,16,17,19). The number of carbonyl (C=O) groups excluding carboxylic acids is 1. The molecule has 0 unspecified atom stereocenters. The van der Waals surface area contributed by atoms with E-state index in [-0.39, 0.29) is 11.1 Å². The Hall–Kier alpha value is -3.82. The number of carboxylic acid groups (broad SMARTS) is 2. The maximum atomic E-state index is 11.9. The van der Waals surface area contributed by atoms with Crippen molar-refractivity contribution >= 4 is 23.7 Å². The van der Waals surface area contributed by atoms with Gasteiger partial charge in [0.05, 0.1) is 7.11 Å². The lowest BCUT2D eigenvalue weighted by molar-refractivity contribution is 0.0596. The largest absolute Gasteiger partial charge is 0.507 e. The number of nitrogen functional groups attached to an aromatic ring is 1. The van der Waals surface area contributed by atoms with Gasteiger partial charge < -0.3 is 30.8 Å². The summed E-state index contributed by atoms with van der Waals surface area (Å²) in [4.78, 5) is 48.5. The molecule has 0 atom stereocenters. The van der Waals surface area contributed by atoms with Crippen molar-refractivity contribution in [1.29, 1.82) is 0 Å². The normalized spacial score (nSPS) is 10.3. The predicted molar refractivity (Wildman–Crippen MR) is 83.8 cm³/mol. The van der Waals surface area contributed by atoms with E-state index in [4.69, 9.17) is 5.73 Å². The number of esters is 1. The molecular formula is C15H12N2O8. The van der Waals surface area contributed by atoms with Crippen LogP contribution < -0.4 is 11.3 Å². The van der Waals surface area contributed by atoms with Gasteiger partial charge in [-0.25, -0.2) is 14.4 Å². The highest BCUT2D eigenvalue weighted by Gasteiger charge is 2.27. The van der Waals surface area contributed by atoms with Crippen LogP contribution in [-0.2, 0) is 4.74 Å². The molecule has 1 heterocycles. The lowest BCUT2D eigenvalue weighted by Crippen LogP contribution is -2.24. The van der Waals surface area contributed by atoms with Gasteiger partial charge in [-0.15, -0.1) is 0 Å². The molecule has 130 valence electrons. The molecule has 0 aliphatic carbocycles. The minimum Gasteiger partial charge on any atom is -0.507 e. The van der Waals surface area contributed by atoms with Gasteiger partial charge >= 0.3 is 17.9 Å². The second-order valence-corrected chi connectivity index (χ2v) is 4.83. The number of hydrogen-bond acceptors (Lipinski definition) is 7. The fourth-order valence-electron chi connectivity index (χ4n) is 2.30. The molecule has 25 heavy (non-hydrogen) atoms. The number of phenols is 1. The molecule has 0 spiro atoms. The van der Waals surface area contributed by atoms with Gasteiger partial charge in [-0.05, 0) is 17.7 Å². The number of aromatic carboxylic acids is 2. The molecule has 0 aliphatic rings. The van der Waals surface area contributed by atoms with Crippen molar-refractivity contribution in [2.24, 2.45) is 0 Å². The molecule has 0 aliphatic heterocycles. The number of pyridine rings is 1. The molecule has 10 nitrogen and oxygen atoms in total. The second kappa shape index (κ2) is 6.35. The number of anilines is 1. The SMILES string of the molecule is COC(=O)c1cc(-c2c(C(=O)O)c(N)[nH]c(=O)c2C(=O)O)ccc1O. The highest BCUT2D eigenvalue weighted by Crippen LogP contribution is 2.32. The van der Waals surface area contributed by atoms with E-state index in [9.17, 15) is 34.5 Å². The molecule has 0 amide bonds. The van der Waals surface area contributed by atoms with Crippen LogP contribution in [0.15, 0.2) is 23.0 Å². The first kappa shape index (κ1) is 17.5. The van der Waals surface area contributed by atoms with E-state index in [1.807, 2.05) is 4.98 Å². The van der Waals surface area contributed by atoms with Crippen molar-refractivity contribution in [2.75, 3.05) is 12.8 Å². The Morgan fingerprint density at radius 2 is 1.72 bits per heavy atom. The minimum absolute atomic E-state index is 0.120. The van der Waals surface area contributed by atoms with Crippen LogP contribution in [0, 0.1) is 0 Å². The van der Waals surface area contributed by atoms with Crippen molar-refractivity contribution in [1.82, 2.24) is 4.98 Å². The first-order valence-electron chi connectivity index (χ1n) is 6.63. The highest BCUT2D eigenvalue weighted by molar-refractivity contribution is 6.08. The predicted octanol–water partition coefficient (Wildman–Crippen LogP) is 0.513. The minimum atomic E-state index is -1.69. The van der Waals surface area contributed by atoms with E-state index in [1.165, 1.54) is 0 Å². The van der Waals surface area contributed by atoms with Gasteiger partial charge in [0.25, 0.3) is 5.56 Å². The van der Waals surface area contributed by atoms with Gasteiger partial charge in [0.15, 0.2) is 0 Å². The topological polar surface area (TPSA) is 180 Å². The number of aromatic amines is 1. The van der Waals surface area contributed by atoms with Crippen LogP contribution in [0.25, 0.3) is 11.1 Å². The van der Waals surface area contributed by atoms with Crippen molar-refractivity contribution in [3.8, 4) is 16.9 Å². The summed E-state index contributed by atoms with van der Waals surface area (Å²) in [6, 6.07) is 3.19. The Balaban J connectivity index is 2.96. The van der Waals surface area contributed by atoms with E-state index in [0.717, 1.165) is 25.3 Å². The zero-order chi connectivity index (χ0) is 18.9. The van der Waals surface area contributed by atoms with Crippen molar-refractivity contribution in [2.45, 2.75) is 0 Å². The number of nitrogens with two attached hydrogens (primary N) is 1. The van der Waals surface area contributed by atoms with E-state index in [0.29, 0.717) is 0 Å². The molecule has 1 aromatic carbocycles. The monoisotopic (exact) mass is 348 g/mol. The average Bonchev–Trinajstić information content (AvgIpc) is 2.52. The number of aromatic nitrogens is 1. The molecule has 6 N–H and O–H groups in total. The molecule has 2 aromatic rings. The van der Waals surface area contributed by atoms with E-state index in [2.05, 4.69) is 4.74 Å². The summed E-state index contributed by atoms with van der Waals surface area (Å²) < 4.78 is 4.49. The number of nitrogens with one attached hydrogen (secondary N) is 1. The van der Waals surface area contributed by atoms with Crippen molar-refractivity contribution in [3.05, 3.63) is 45.2 Å². The maximum Gasteiger partial charge on any atom is 0.342 e. The summed E-state index contributed by atoms with van der Waals surface area (Å²) in [6.07, 6.45) is 0. The fraction of sp³-hybridized carbons (Fsp3) is 0.0667. The van der Waals surface area contributed by atoms with E-state index >= 15 is 0 Å². The molecule has 0 bridgehead atoms. The number of hydrogen-bond donors (Lipinski definition) is 5. The molecule has 2 rings (SSSR count). The van der Waals surface area contributed by atoms with Crippen molar-refractivity contribution < 1.29 is 34.4 Å². The number of methoxy groups -OCH3 is 1. The molecule has 0 radical (unpaired) electrons. The number of rotatable bonds is 4. The Labute approximate surface area is 139 Å². The van der Waals surface area contributed by atoms with Crippen LogP contribution in [0.4, 0.5) is 5.82 Å². The van der Waals surface area contributed by atoms with Gasteiger partial charge in [-0.3, -0.25) is 4.79 Å². The smallest absolute Gasteiger partial charge is 0.342 e. The summed E-state index contributed by atoms with van der Waals surface area (Å²) in [6.45, 7) is 0. The first-order valence-corrected chi connectivity index (χ1v) is 6.63. The molecule has 1 aromatic heterocycles. The van der Waals surface area contributed by atoms with Gasteiger partial charge in [0.2, 0.25) is 0 Å². The Bertz CT molecular complexity index is 961. The third-order valence-corrected chi connectivity index (χ3v) is 3.36. The van der Waals surface area contributed by atoms with Gasteiger partial charge in [0.1, 0.15) is 28.3 Å². The van der Waals surface area contributed by atoms with Gasteiger partial charge in [-0.1, -0.05) is 6.07 Å². The van der Waals surface area contributed by atoms with E-state index < -0.39 is 51.7 Å². The molecule has 0 fully saturated rings. The number of aromatic hydroxyl groups is 1. The van der Waals surface area contributed by atoms with Gasteiger partial charge in [0, 0.05) is 5.56 Å². The lowest BCUT2D eigenvalue weighted by Gasteiger charge is -2.13. The number of benzene rings is 1. The summed E-state index contributed by atoms with van der Waals surface area (Å²) in [5, 5.41) is 28.4. The molecular weight excluding hydrogens is 336 g/mol. The van der Waals surface area contributed by atoms with E-state index in [1.54, 1.807) is 0 Å². The quantitative estimate of drug-likeness (QED) is 0.492. The number of carbonyl (C=O) groups is 3. The van der Waals surface area contributed by atoms with Crippen LogP contribution in [0.3, 0.4) is 0 Å².